The zero-order valence-corrected chi connectivity index (χ0v) is 16.0. The molecule has 0 saturated carbocycles. The molecule has 1 aliphatic heterocycles. The number of rotatable bonds is 3. The fourth-order valence-electron chi connectivity index (χ4n) is 2.90. The lowest BCUT2D eigenvalue weighted by Crippen LogP contribution is -2.35. The highest BCUT2D eigenvalue weighted by molar-refractivity contribution is 6.31. The number of fused-ring (bicyclic) bond motifs is 1. The second-order valence-electron chi connectivity index (χ2n) is 6.53. The van der Waals surface area contributed by atoms with Gasteiger partial charge in [0.1, 0.15) is 5.69 Å². The standard InChI is InChI=1S/C18H15ClF3N3O5/c19-12-2-4-13-11(7-12)1-3-14(23-13)15(26)25-6-5-10(8-25)9-29-17(28)24-30-16(27)18(20,21)22/h1-4,7,10H,5-6,8-9H2,(H,24,28). The molecule has 1 aromatic heterocycles. The Morgan fingerprint density at radius 3 is 2.73 bits per heavy atom. The van der Waals surface area contributed by atoms with Crippen LogP contribution in [0.5, 0.6) is 0 Å². The molecule has 0 radical (unpaired) electrons. The molecule has 160 valence electrons. The molecule has 1 aliphatic rings. The Balaban J connectivity index is 1.49. The van der Waals surface area contributed by atoms with Crippen LogP contribution in [0.25, 0.3) is 10.9 Å². The van der Waals surface area contributed by atoms with Crippen molar-refractivity contribution in [2.24, 2.45) is 5.92 Å². The van der Waals surface area contributed by atoms with Crippen molar-refractivity contribution in [1.82, 2.24) is 15.4 Å². The van der Waals surface area contributed by atoms with E-state index in [1.54, 1.807) is 35.2 Å². The third-order valence-electron chi connectivity index (χ3n) is 4.35. The van der Waals surface area contributed by atoms with Crippen LogP contribution >= 0.6 is 11.6 Å². The highest BCUT2D eigenvalue weighted by Gasteiger charge is 2.42. The van der Waals surface area contributed by atoms with E-state index in [0.29, 0.717) is 23.5 Å². The van der Waals surface area contributed by atoms with E-state index in [2.05, 4.69) is 9.82 Å². The molecule has 1 saturated heterocycles. The van der Waals surface area contributed by atoms with Crippen LogP contribution in [0.15, 0.2) is 30.3 Å². The van der Waals surface area contributed by atoms with Gasteiger partial charge in [0, 0.05) is 29.4 Å². The van der Waals surface area contributed by atoms with E-state index >= 15 is 0 Å². The number of hydrogen-bond donors (Lipinski definition) is 1. The first-order valence-electron chi connectivity index (χ1n) is 8.70. The number of halogens is 4. The van der Waals surface area contributed by atoms with Gasteiger partial charge in [-0.15, -0.1) is 5.48 Å². The summed E-state index contributed by atoms with van der Waals surface area (Å²) in [4.78, 5) is 44.0. The smallest absolute Gasteiger partial charge is 0.447 e. The van der Waals surface area contributed by atoms with Crippen molar-refractivity contribution in [2.75, 3.05) is 19.7 Å². The van der Waals surface area contributed by atoms with Crippen molar-refractivity contribution in [3.05, 3.63) is 41.0 Å². The number of hydrogen-bond acceptors (Lipinski definition) is 6. The van der Waals surface area contributed by atoms with Gasteiger partial charge in [-0.1, -0.05) is 17.7 Å². The maximum atomic E-state index is 12.7. The molecule has 0 spiro atoms. The minimum Gasteiger partial charge on any atom is -0.447 e. The van der Waals surface area contributed by atoms with Gasteiger partial charge >= 0.3 is 18.2 Å². The molecular weight excluding hydrogens is 431 g/mol. The Kier molecular flexibility index (Phi) is 6.30. The van der Waals surface area contributed by atoms with E-state index < -0.39 is 18.2 Å². The summed E-state index contributed by atoms with van der Waals surface area (Å²) in [5.41, 5.74) is 2.14. The van der Waals surface area contributed by atoms with Crippen LogP contribution < -0.4 is 5.48 Å². The molecule has 2 amide bonds. The number of pyridine rings is 1. The Morgan fingerprint density at radius 2 is 2.00 bits per heavy atom. The van der Waals surface area contributed by atoms with E-state index in [9.17, 15) is 27.6 Å². The third kappa shape index (κ3) is 5.29. The minimum atomic E-state index is -5.23. The van der Waals surface area contributed by atoms with Gasteiger partial charge in [0.15, 0.2) is 0 Å². The predicted octanol–water partition coefficient (Wildman–Crippen LogP) is 3.10. The topological polar surface area (TPSA) is 97.8 Å². The summed E-state index contributed by atoms with van der Waals surface area (Å²) in [7, 11) is 0. The number of likely N-dealkylation sites (tertiary alicyclic amines) is 1. The third-order valence-corrected chi connectivity index (χ3v) is 4.59. The highest BCUT2D eigenvalue weighted by Crippen LogP contribution is 2.22. The number of amides is 2. The van der Waals surface area contributed by atoms with Crippen LogP contribution in [0.1, 0.15) is 16.9 Å². The maximum Gasteiger partial charge on any atom is 0.493 e. The van der Waals surface area contributed by atoms with Crippen molar-refractivity contribution in [3.63, 3.8) is 0 Å². The van der Waals surface area contributed by atoms with Crippen LogP contribution in [-0.2, 0) is 14.4 Å². The Bertz CT molecular complexity index is 985. The van der Waals surface area contributed by atoms with Gasteiger partial charge in [0.2, 0.25) is 0 Å². The van der Waals surface area contributed by atoms with E-state index in [1.165, 1.54) is 5.48 Å². The second-order valence-corrected chi connectivity index (χ2v) is 6.96. The molecule has 1 fully saturated rings. The van der Waals surface area contributed by atoms with Gasteiger partial charge in [-0.3, -0.25) is 4.79 Å². The van der Waals surface area contributed by atoms with Crippen LogP contribution in [0.2, 0.25) is 5.02 Å². The van der Waals surface area contributed by atoms with Gasteiger partial charge < -0.3 is 14.5 Å². The molecule has 30 heavy (non-hydrogen) atoms. The van der Waals surface area contributed by atoms with Crippen molar-refractivity contribution in [3.8, 4) is 0 Å². The first-order chi connectivity index (χ1) is 14.1. The molecule has 2 aromatic rings. The lowest BCUT2D eigenvalue weighted by Gasteiger charge is -2.16. The van der Waals surface area contributed by atoms with E-state index in [-0.39, 0.29) is 30.7 Å². The van der Waals surface area contributed by atoms with E-state index in [0.717, 1.165) is 5.39 Å². The summed E-state index contributed by atoms with van der Waals surface area (Å²) < 4.78 is 40.7. The summed E-state index contributed by atoms with van der Waals surface area (Å²) >= 11 is 5.93. The van der Waals surface area contributed by atoms with Crippen LogP contribution in [-0.4, -0.2) is 53.7 Å². The fourth-order valence-corrected chi connectivity index (χ4v) is 3.08. The van der Waals surface area contributed by atoms with E-state index in [1.807, 2.05) is 0 Å². The molecule has 1 unspecified atom stereocenters. The summed E-state index contributed by atoms with van der Waals surface area (Å²) in [6, 6.07) is 8.45. The Hall–Kier alpha value is -3.08. The molecule has 2 heterocycles. The lowest BCUT2D eigenvalue weighted by molar-refractivity contribution is -0.205. The minimum absolute atomic E-state index is 0.164. The average molecular weight is 446 g/mol. The first kappa shape index (κ1) is 21.6. The SMILES string of the molecule is O=C(NOC(=O)C(F)(F)F)OCC1CCN(C(=O)c2ccc3cc(Cl)ccc3n2)C1. The first-order valence-corrected chi connectivity index (χ1v) is 9.07. The summed E-state index contributed by atoms with van der Waals surface area (Å²) in [6.07, 6.45) is -6.06. The average Bonchev–Trinajstić information content (AvgIpc) is 3.17. The molecule has 3 rings (SSSR count). The lowest BCUT2D eigenvalue weighted by atomic mass is 10.1. The number of carbonyl (C=O) groups excluding carboxylic acids is 3. The Labute approximate surface area is 172 Å². The second kappa shape index (κ2) is 8.74. The van der Waals surface area contributed by atoms with Crippen LogP contribution in [0.4, 0.5) is 18.0 Å². The maximum absolute atomic E-state index is 12.7. The van der Waals surface area contributed by atoms with Crippen molar-refractivity contribution in [2.45, 2.75) is 12.6 Å². The number of carbonyl (C=O) groups is 3. The molecule has 1 atom stereocenters. The fraction of sp³-hybridized carbons (Fsp3) is 0.333. The monoisotopic (exact) mass is 445 g/mol. The largest absolute Gasteiger partial charge is 0.493 e. The molecule has 0 aliphatic carbocycles. The van der Waals surface area contributed by atoms with Gasteiger partial charge in [-0.25, -0.2) is 14.6 Å². The summed E-state index contributed by atoms with van der Waals surface area (Å²) in [5.74, 6) is -3.09. The molecule has 8 nitrogen and oxygen atoms in total. The quantitative estimate of drug-likeness (QED) is 0.729. The van der Waals surface area contributed by atoms with E-state index in [4.69, 9.17) is 16.3 Å². The number of hydroxylamine groups is 1. The van der Waals surface area contributed by atoms with Crippen LogP contribution in [0.3, 0.4) is 0 Å². The molecule has 12 heteroatoms. The number of nitrogens with zero attached hydrogens (tertiary/aromatic N) is 2. The van der Waals surface area contributed by atoms with Crippen LogP contribution in [0, 0.1) is 5.92 Å². The predicted molar refractivity (Wildman–Crippen MR) is 97.4 cm³/mol. The number of alkyl halides is 3. The number of benzene rings is 1. The summed E-state index contributed by atoms with van der Waals surface area (Å²) in [6.45, 7) is 0.509. The van der Waals surface area contributed by atoms with Gasteiger partial charge in [0.05, 0.1) is 12.1 Å². The number of nitrogens with one attached hydrogen (secondary N) is 1. The van der Waals surface area contributed by atoms with Crippen molar-refractivity contribution < 1.29 is 37.1 Å². The Morgan fingerprint density at radius 1 is 1.23 bits per heavy atom. The zero-order chi connectivity index (χ0) is 21.9. The number of ether oxygens (including phenoxy) is 1. The van der Waals surface area contributed by atoms with Gasteiger partial charge in [0.25, 0.3) is 5.91 Å². The van der Waals surface area contributed by atoms with Gasteiger partial charge in [-0.2, -0.15) is 13.2 Å². The van der Waals surface area contributed by atoms with Crippen molar-refractivity contribution >= 4 is 40.5 Å². The molecule has 1 N–H and O–H groups in total. The normalized spacial score (nSPS) is 16.4. The molecule has 0 bridgehead atoms. The zero-order valence-electron chi connectivity index (χ0n) is 15.2. The molecule has 1 aromatic carbocycles. The summed E-state index contributed by atoms with van der Waals surface area (Å²) in [5, 5.41) is 1.35. The number of aromatic nitrogens is 1. The van der Waals surface area contributed by atoms with Crippen molar-refractivity contribution in [1.29, 1.82) is 0 Å². The van der Waals surface area contributed by atoms with Gasteiger partial charge in [-0.05, 0) is 30.7 Å². The highest BCUT2D eigenvalue weighted by atomic mass is 35.5. The molecular formula is C18H15ClF3N3O5.